The second-order valence-corrected chi connectivity index (χ2v) is 3.84. The SMILES string of the molecule is CCc1ccc(S(=O)O)c(CC)c1.[NaH]. The van der Waals surface area contributed by atoms with Crippen LogP contribution in [-0.2, 0) is 23.9 Å². The second kappa shape index (κ2) is 6.75. The van der Waals surface area contributed by atoms with E-state index in [2.05, 4.69) is 6.92 Å². The van der Waals surface area contributed by atoms with Crippen LogP contribution in [-0.4, -0.2) is 38.3 Å². The molecule has 0 saturated heterocycles. The molecule has 1 N–H and O–H groups in total. The molecule has 74 valence electrons. The summed E-state index contributed by atoms with van der Waals surface area (Å²) in [5, 5.41) is 0. The first-order valence-corrected chi connectivity index (χ1v) is 5.52. The first-order valence-electron chi connectivity index (χ1n) is 4.41. The molecule has 0 aliphatic heterocycles. The average Bonchev–Trinajstić information content (AvgIpc) is 2.16. The predicted octanol–water partition coefficient (Wildman–Crippen LogP) is 1.74. The van der Waals surface area contributed by atoms with Crippen LogP contribution in [0.2, 0.25) is 0 Å². The van der Waals surface area contributed by atoms with Crippen LogP contribution in [0.15, 0.2) is 23.1 Å². The fourth-order valence-corrected chi connectivity index (χ4v) is 1.91. The van der Waals surface area contributed by atoms with Crippen molar-refractivity contribution in [3.63, 3.8) is 0 Å². The first-order chi connectivity index (χ1) is 6.19. The second-order valence-electron chi connectivity index (χ2n) is 2.90. The number of aryl methyl sites for hydroxylation is 2. The van der Waals surface area contributed by atoms with E-state index in [1.165, 1.54) is 5.56 Å². The number of hydrogen-bond acceptors (Lipinski definition) is 1. The summed E-state index contributed by atoms with van der Waals surface area (Å²) in [4.78, 5) is 0.541. The Balaban J connectivity index is 0.00000169. The van der Waals surface area contributed by atoms with E-state index in [0.29, 0.717) is 4.90 Å². The molecule has 2 nitrogen and oxygen atoms in total. The molecule has 1 aromatic rings. The zero-order valence-corrected chi connectivity index (χ0v) is 8.73. The van der Waals surface area contributed by atoms with Crippen LogP contribution in [0.4, 0.5) is 0 Å². The van der Waals surface area contributed by atoms with Gasteiger partial charge < -0.3 is 4.55 Å². The zero-order valence-electron chi connectivity index (χ0n) is 7.91. The molecule has 14 heavy (non-hydrogen) atoms. The van der Waals surface area contributed by atoms with E-state index in [9.17, 15) is 4.21 Å². The zero-order chi connectivity index (χ0) is 9.84. The molecule has 1 rings (SSSR count). The van der Waals surface area contributed by atoms with Gasteiger partial charge >= 0.3 is 29.6 Å². The van der Waals surface area contributed by atoms with Gasteiger partial charge in [0.2, 0.25) is 0 Å². The van der Waals surface area contributed by atoms with Crippen molar-refractivity contribution >= 4 is 40.6 Å². The van der Waals surface area contributed by atoms with Gasteiger partial charge in [0.25, 0.3) is 0 Å². The Morgan fingerprint density at radius 3 is 2.36 bits per heavy atom. The van der Waals surface area contributed by atoms with E-state index < -0.39 is 11.1 Å². The third-order valence-electron chi connectivity index (χ3n) is 2.10. The summed E-state index contributed by atoms with van der Waals surface area (Å²) in [5.74, 6) is 0. The Hall–Kier alpha value is 0.330. The molecular formula is C10H15NaO2S. The standard InChI is InChI=1S/C10H14O2S.Na.H/c1-3-8-5-6-10(13(11)12)9(4-2)7-8;;/h5-7H,3-4H2,1-2H3,(H,11,12);;. The van der Waals surface area contributed by atoms with Gasteiger partial charge in [-0.15, -0.1) is 0 Å². The van der Waals surface area contributed by atoms with Gasteiger partial charge in [-0.1, -0.05) is 26.0 Å². The summed E-state index contributed by atoms with van der Waals surface area (Å²) in [5.41, 5.74) is 2.19. The van der Waals surface area contributed by atoms with E-state index in [1.54, 1.807) is 6.07 Å². The number of hydrogen-bond donors (Lipinski definition) is 1. The van der Waals surface area contributed by atoms with Gasteiger partial charge in [-0.25, -0.2) is 4.21 Å². The monoisotopic (exact) mass is 222 g/mol. The van der Waals surface area contributed by atoms with Crippen molar-refractivity contribution in [1.29, 1.82) is 0 Å². The summed E-state index contributed by atoms with van der Waals surface area (Å²) in [6.07, 6.45) is 1.76. The van der Waals surface area contributed by atoms with E-state index in [1.807, 2.05) is 19.1 Å². The van der Waals surface area contributed by atoms with Crippen molar-refractivity contribution in [2.45, 2.75) is 31.6 Å². The van der Waals surface area contributed by atoms with E-state index >= 15 is 0 Å². The Labute approximate surface area is 110 Å². The van der Waals surface area contributed by atoms with Crippen LogP contribution in [0.3, 0.4) is 0 Å². The molecular weight excluding hydrogens is 207 g/mol. The Bertz CT molecular complexity index is 326. The van der Waals surface area contributed by atoms with Crippen molar-refractivity contribution in [3.8, 4) is 0 Å². The quantitative estimate of drug-likeness (QED) is 0.625. The van der Waals surface area contributed by atoms with Gasteiger partial charge in [0, 0.05) is 0 Å². The van der Waals surface area contributed by atoms with Crippen molar-refractivity contribution in [2.75, 3.05) is 0 Å². The molecule has 0 saturated carbocycles. The van der Waals surface area contributed by atoms with Crippen molar-refractivity contribution in [2.24, 2.45) is 0 Å². The summed E-state index contributed by atoms with van der Waals surface area (Å²) in [7, 11) is 0. The molecule has 0 bridgehead atoms. The minimum atomic E-state index is -1.85. The molecule has 4 heteroatoms. The van der Waals surface area contributed by atoms with Crippen LogP contribution >= 0.6 is 0 Å². The summed E-state index contributed by atoms with van der Waals surface area (Å²) < 4.78 is 19.9. The molecule has 0 aromatic heterocycles. The maximum atomic E-state index is 10.9. The molecule has 0 fully saturated rings. The Morgan fingerprint density at radius 1 is 1.29 bits per heavy atom. The summed E-state index contributed by atoms with van der Waals surface area (Å²) in [6, 6.07) is 5.65. The van der Waals surface area contributed by atoms with Crippen molar-refractivity contribution < 1.29 is 8.76 Å². The van der Waals surface area contributed by atoms with Crippen LogP contribution in [0.25, 0.3) is 0 Å². The number of benzene rings is 1. The van der Waals surface area contributed by atoms with Gasteiger partial charge in [0.05, 0.1) is 4.90 Å². The molecule has 1 aromatic carbocycles. The van der Waals surface area contributed by atoms with Crippen LogP contribution < -0.4 is 0 Å². The van der Waals surface area contributed by atoms with Gasteiger partial charge in [-0.05, 0) is 30.0 Å². The molecule has 1 atom stereocenters. The van der Waals surface area contributed by atoms with Gasteiger partial charge in [0.15, 0.2) is 11.1 Å². The summed E-state index contributed by atoms with van der Waals surface area (Å²) in [6.45, 7) is 4.06. The normalized spacial score (nSPS) is 11.9. The van der Waals surface area contributed by atoms with Crippen LogP contribution in [0, 0.1) is 0 Å². The van der Waals surface area contributed by atoms with Crippen molar-refractivity contribution in [3.05, 3.63) is 29.3 Å². The Kier molecular flexibility index (Phi) is 6.91. The van der Waals surface area contributed by atoms with Gasteiger partial charge in [0.1, 0.15) is 0 Å². The summed E-state index contributed by atoms with van der Waals surface area (Å²) >= 11 is -1.85. The third kappa shape index (κ3) is 3.48. The van der Waals surface area contributed by atoms with E-state index in [4.69, 9.17) is 4.55 Å². The van der Waals surface area contributed by atoms with E-state index in [-0.39, 0.29) is 29.6 Å². The van der Waals surface area contributed by atoms with Crippen LogP contribution in [0.1, 0.15) is 25.0 Å². The molecule has 0 radical (unpaired) electrons. The first kappa shape index (κ1) is 14.3. The molecule has 0 amide bonds. The topological polar surface area (TPSA) is 37.3 Å². The van der Waals surface area contributed by atoms with Crippen molar-refractivity contribution in [1.82, 2.24) is 0 Å². The Morgan fingerprint density at radius 2 is 1.93 bits per heavy atom. The van der Waals surface area contributed by atoms with Gasteiger partial charge in [-0.2, -0.15) is 0 Å². The number of rotatable bonds is 3. The maximum absolute atomic E-state index is 10.9. The molecule has 0 aliphatic rings. The van der Waals surface area contributed by atoms with Crippen LogP contribution in [0.5, 0.6) is 0 Å². The third-order valence-corrected chi connectivity index (χ3v) is 2.88. The minimum absolute atomic E-state index is 0. The fraction of sp³-hybridized carbons (Fsp3) is 0.400. The molecule has 0 aliphatic carbocycles. The van der Waals surface area contributed by atoms with Gasteiger partial charge in [-0.3, -0.25) is 0 Å². The predicted molar refractivity (Wildman–Crippen MR) is 61.4 cm³/mol. The molecule has 0 heterocycles. The molecule has 1 unspecified atom stereocenters. The van der Waals surface area contributed by atoms with E-state index in [0.717, 1.165) is 18.4 Å². The average molecular weight is 222 g/mol. The fourth-order valence-electron chi connectivity index (χ4n) is 1.30. The molecule has 0 spiro atoms.